The van der Waals surface area contributed by atoms with Crippen LogP contribution < -0.4 is 0 Å². The van der Waals surface area contributed by atoms with Gasteiger partial charge in [0.25, 0.3) is 0 Å². The lowest BCUT2D eigenvalue weighted by atomic mass is 10.1. The van der Waals surface area contributed by atoms with Crippen LogP contribution in [0.5, 0.6) is 0 Å². The summed E-state index contributed by atoms with van der Waals surface area (Å²) in [7, 11) is 0. The van der Waals surface area contributed by atoms with Gasteiger partial charge >= 0.3 is 5.97 Å². The van der Waals surface area contributed by atoms with Gasteiger partial charge in [0.05, 0.1) is 6.42 Å². The lowest BCUT2D eigenvalue weighted by Gasteiger charge is -2.23. The van der Waals surface area contributed by atoms with Crippen molar-refractivity contribution in [1.82, 2.24) is 4.90 Å². The van der Waals surface area contributed by atoms with Crippen LogP contribution in [0.1, 0.15) is 24.8 Å². The first-order chi connectivity index (χ1) is 8.56. The quantitative estimate of drug-likeness (QED) is 0.917. The lowest BCUT2D eigenvalue weighted by molar-refractivity contribution is -0.138. The van der Waals surface area contributed by atoms with Crippen molar-refractivity contribution >= 4 is 33.5 Å². The average molecular weight is 333 g/mol. The first-order valence-electron chi connectivity index (χ1n) is 5.96. The minimum atomic E-state index is -0.728. The van der Waals surface area contributed by atoms with Crippen molar-refractivity contribution in [2.75, 3.05) is 6.54 Å². The number of benzene rings is 1. The molecule has 1 heterocycles. The van der Waals surface area contributed by atoms with Crippen LogP contribution in [0.4, 0.5) is 0 Å². The summed E-state index contributed by atoms with van der Waals surface area (Å²) >= 11 is 9.57. The van der Waals surface area contributed by atoms with E-state index in [9.17, 15) is 4.79 Å². The highest BCUT2D eigenvalue weighted by Crippen LogP contribution is 2.27. The van der Waals surface area contributed by atoms with Gasteiger partial charge in [-0.25, -0.2) is 0 Å². The molecule has 1 aromatic carbocycles. The molecule has 1 saturated heterocycles. The first kappa shape index (κ1) is 13.8. The molecule has 2 rings (SSSR count). The van der Waals surface area contributed by atoms with Crippen LogP contribution in [-0.2, 0) is 11.3 Å². The second kappa shape index (κ2) is 6.04. The number of carboxylic acid groups (broad SMARTS) is 1. The summed E-state index contributed by atoms with van der Waals surface area (Å²) < 4.78 is 0.958. The maximum atomic E-state index is 10.8. The monoisotopic (exact) mass is 331 g/mol. The Morgan fingerprint density at radius 3 is 3.00 bits per heavy atom. The summed E-state index contributed by atoms with van der Waals surface area (Å²) in [4.78, 5) is 13.0. The number of hydrogen-bond donors (Lipinski definition) is 1. The first-order valence-corrected chi connectivity index (χ1v) is 7.13. The van der Waals surface area contributed by atoms with Gasteiger partial charge in [0.15, 0.2) is 0 Å². The number of halogens is 2. The minimum Gasteiger partial charge on any atom is -0.481 e. The molecule has 0 saturated carbocycles. The normalized spacial score (nSPS) is 20.2. The van der Waals surface area contributed by atoms with Gasteiger partial charge in [0.1, 0.15) is 0 Å². The number of hydrogen-bond acceptors (Lipinski definition) is 2. The molecule has 18 heavy (non-hydrogen) atoms. The summed E-state index contributed by atoms with van der Waals surface area (Å²) in [5.41, 5.74) is 1.05. The summed E-state index contributed by atoms with van der Waals surface area (Å²) in [6, 6.07) is 5.97. The van der Waals surface area contributed by atoms with Crippen LogP contribution in [-0.4, -0.2) is 28.6 Å². The van der Waals surface area contributed by atoms with E-state index in [0.717, 1.165) is 41.0 Å². The molecule has 1 N–H and O–H groups in total. The fraction of sp³-hybridized carbons (Fsp3) is 0.462. The molecule has 1 unspecified atom stereocenters. The summed E-state index contributed by atoms with van der Waals surface area (Å²) in [6.45, 7) is 1.67. The summed E-state index contributed by atoms with van der Waals surface area (Å²) in [5.74, 6) is -0.728. The zero-order valence-electron chi connectivity index (χ0n) is 9.90. The van der Waals surface area contributed by atoms with Gasteiger partial charge in [-0.3, -0.25) is 9.69 Å². The van der Waals surface area contributed by atoms with Gasteiger partial charge < -0.3 is 5.11 Å². The highest BCUT2D eigenvalue weighted by atomic mass is 79.9. The van der Waals surface area contributed by atoms with E-state index in [1.807, 2.05) is 18.2 Å². The van der Waals surface area contributed by atoms with Gasteiger partial charge in [0, 0.05) is 22.1 Å². The highest BCUT2D eigenvalue weighted by molar-refractivity contribution is 9.10. The maximum absolute atomic E-state index is 10.8. The molecular weight excluding hydrogens is 318 g/mol. The second-order valence-electron chi connectivity index (χ2n) is 4.60. The van der Waals surface area contributed by atoms with Crippen LogP contribution in [0, 0.1) is 0 Å². The molecule has 5 heteroatoms. The van der Waals surface area contributed by atoms with Gasteiger partial charge in [-0.2, -0.15) is 0 Å². The van der Waals surface area contributed by atoms with Crippen LogP contribution in [0.15, 0.2) is 22.7 Å². The molecule has 0 amide bonds. The Balaban J connectivity index is 2.05. The van der Waals surface area contributed by atoms with Crippen LogP contribution >= 0.6 is 27.5 Å². The number of rotatable bonds is 4. The number of carboxylic acids is 1. The van der Waals surface area contributed by atoms with Crippen LogP contribution in [0.3, 0.4) is 0 Å². The van der Waals surface area contributed by atoms with E-state index in [1.165, 1.54) is 0 Å². The van der Waals surface area contributed by atoms with Gasteiger partial charge in [0.2, 0.25) is 0 Å². The Hall–Kier alpha value is -0.580. The van der Waals surface area contributed by atoms with Crippen LogP contribution in [0.2, 0.25) is 5.02 Å². The molecule has 0 radical (unpaired) electrons. The fourth-order valence-electron chi connectivity index (χ4n) is 2.40. The van der Waals surface area contributed by atoms with Crippen molar-refractivity contribution in [3.8, 4) is 0 Å². The molecule has 1 atom stereocenters. The molecule has 98 valence electrons. The Morgan fingerprint density at radius 2 is 2.33 bits per heavy atom. The van der Waals surface area contributed by atoms with Crippen LogP contribution in [0.25, 0.3) is 0 Å². The maximum Gasteiger partial charge on any atom is 0.304 e. The van der Waals surface area contributed by atoms with E-state index >= 15 is 0 Å². The molecule has 0 spiro atoms. The van der Waals surface area contributed by atoms with Crippen molar-refractivity contribution in [3.05, 3.63) is 33.3 Å². The Morgan fingerprint density at radius 1 is 1.56 bits per heavy atom. The van der Waals surface area contributed by atoms with Crippen molar-refractivity contribution in [2.45, 2.75) is 31.8 Å². The fourth-order valence-corrected chi connectivity index (χ4v) is 3.14. The predicted molar refractivity (Wildman–Crippen MR) is 74.8 cm³/mol. The third-order valence-electron chi connectivity index (χ3n) is 3.30. The zero-order valence-corrected chi connectivity index (χ0v) is 12.2. The van der Waals surface area contributed by atoms with Crippen molar-refractivity contribution in [2.24, 2.45) is 0 Å². The van der Waals surface area contributed by atoms with Crippen molar-refractivity contribution in [3.63, 3.8) is 0 Å². The smallest absolute Gasteiger partial charge is 0.304 e. The Kier molecular flexibility index (Phi) is 4.65. The molecule has 1 fully saturated rings. The van der Waals surface area contributed by atoms with Crippen molar-refractivity contribution < 1.29 is 9.90 Å². The largest absolute Gasteiger partial charge is 0.481 e. The number of carbonyl (C=O) groups is 1. The Bertz CT molecular complexity index is 453. The van der Waals surface area contributed by atoms with Gasteiger partial charge in [-0.1, -0.05) is 33.6 Å². The molecule has 0 bridgehead atoms. The predicted octanol–water partition coefficient (Wildman–Crippen LogP) is 3.54. The van der Waals surface area contributed by atoms with E-state index in [1.54, 1.807) is 0 Å². The second-order valence-corrected chi connectivity index (χ2v) is 5.92. The molecule has 1 aromatic rings. The molecule has 0 aromatic heterocycles. The summed E-state index contributed by atoms with van der Waals surface area (Å²) in [6.07, 6.45) is 2.24. The standard InChI is InChI=1S/C13H15BrClNO2/c14-10-4-3-9(12(15)6-10)8-16-5-1-2-11(16)7-13(17)18/h3-4,6,11H,1-2,5,7-8H2,(H,17,18). The van der Waals surface area contributed by atoms with E-state index in [-0.39, 0.29) is 12.5 Å². The topological polar surface area (TPSA) is 40.5 Å². The zero-order chi connectivity index (χ0) is 13.1. The van der Waals surface area contributed by atoms with E-state index in [2.05, 4.69) is 20.8 Å². The number of nitrogens with zero attached hydrogens (tertiary/aromatic N) is 1. The van der Waals surface area contributed by atoms with E-state index < -0.39 is 5.97 Å². The lowest BCUT2D eigenvalue weighted by Crippen LogP contribution is -2.30. The third kappa shape index (κ3) is 3.46. The molecule has 3 nitrogen and oxygen atoms in total. The molecule has 1 aliphatic rings. The molecule has 0 aliphatic carbocycles. The summed E-state index contributed by atoms with van der Waals surface area (Å²) in [5, 5.41) is 9.62. The third-order valence-corrected chi connectivity index (χ3v) is 4.14. The number of aliphatic carboxylic acids is 1. The molecular formula is C13H15BrClNO2. The van der Waals surface area contributed by atoms with Gasteiger partial charge in [-0.15, -0.1) is 0 Å². The average Bonchev–Trinajstić information content (AvgIpc) is 2.69. The minimum absolute atomic E-state index is 0.141. The Labute approximate surface area is 120 Å². The highest BCUT2D eigenvalue weighted by Gasteiger charge is 2.26. The SMILES string of the molecule is O=C(O)CC1CCCN1Cc1ccc(Br)cc1Cl. The van der Waals surface area contributed by atoms with E-state index in [0.29, 0.717) is 0 Å². The number of likely N-dealkylation sites (tertiary alicyclic amines) is 1. The molecule has 1 aliphatic heterocycles. The van der Waals surface area contributed by atoms with E-state index in [4.69, 9.17) is 16.7 Å². The van der Waals surface area contributed by atoms with Gasteiger partial charge in [-0.05, 0) is 37.1 Å². The van der Waals surface area contributed by atoms with Crippen molar-refractivity contribution in [1.29, 1.82) is 0 Å².